The predicted molar refractivity (Wildman–Crippen MR) is 101 cm³/mol. The monoisotopic (exact) mass is 369 g/mol. The number of nitrogens with zero attached hydrogens (tertiary/aromatic N) is 3. The number of carbonyl (C=O) groups excluding carboxylic acids is 1. The number of amides is 1. The molecule has 3 aromatic rings. The largest absolute Gasteiger partial charge is 0.310 e. The molecule has 1 aliphatic rings. The number of aromatic amines is 1. The summed E-state index contributed by atoms with van der Waals surface area (Å²) >= 11 is 1.56. The van der Waals surface area contributed by atoms with Crippen LogP contribution in [0.15, 0.2) is 28.4 Å². The molecule has 7 nitrogen and oxygen atoms in total. The Labute approximate surface area is 154 Å². The Balaban J connectivity index is 1.80. The van der Waals surface area contributed by atoms with Gasteiger partial charge >= 0.3 is 0 Å². The van der Waals surface area contributed by atoms with Crippen molar-refractivity contribution in [1.82, 2.24) is 19.7 Å². The maximum absolute atomic E-state index is 12.3. The number of aryl methyl sites for hydroxylation is 1. The third-order valence-electron chi connectivity index (χ3n) is 4.45. The normalized spacial score (nSPS) is 13.8. The lowest BCUT2D eigenvalue weighted by Crippen LogP contribution is -2.22. The lowest BCUT2D eigenvalue weighted by molar-refractivity contribution is -0.117. The summed E-state index contributed by atoms with van der Waals surface area (Å²) in [7, 11) is 0. The zero-order chi connectivity index (χ0) is 18.3. The first-order chi connectivity index (χ1) is 12.6. The van der Waals surface area contributed by atoms with Crippen molar-refractivity contribution in [2.45, 2.75) is 33.1 Å². The van der Waals surface area contributed by atoms with Crippen LogP contribution in [0.3, 0.4) is 0 Å². The van der Waals surface area contributed by atoms with E-state index < -0.39 is 0 Å². The molecule has 8 heteroatoms. The van der Waals surface area contributed by atoms with E-state index in [2.05, 4.69) is 20.4 Å². The fourth-order valence-electron chi connectivity index (χ4n) is 2.86. The van der Waals surface area contributed by atoms with E-state index in [0.717, 1.165) is 23.4 Å². The van der Waals surface area contributed by atoms with E-state index in [1.165, 1.54) is 4.68 Å². The van der Waals surface area contributed by atoms with Crippen molar-refractivity contribution in [3.8, 4) is 16.5 Å². The van der Waals surface area contributed by atoms with E-state index >= 15 is 0 Å². The number of anilines is 1. The summed E-state index contributed by atoms with van der Waals surface area (Å²) in [6.07, 6.45) is 2.44. The van der Waals surface area contributed by atoms with E-state index in [1.54, 1.807) is 11.3 Å². The van der Waals surface area contributed by atoms with Crippen molar-refractivity contribution in [2.24, 2.45) is 5.92 Å². The Kier molecular flexibility index (Phi) is 4.20. The molecular weight excluding hydrogens is 350 g/mol. The molecule has 0 unspecified atom stereocenters. The summed E-state index contributed by atoms with van der Waals surface area (Å²) in [5.74, 6) is 0.864. The molecule has 1 amide bonds. The quantitative estimate of drug-likeness (QED) is 0.723. The molecule has 1 aliphatic carbocycles. The first-order valence-electron chi connectivity index (χ1n) is 8.61. The lowest BCUT2D eigenvalue weighted by atomic mass is 10.2. The van der Waals surface area contributed by atoms with Crippen molar-refractivity contribution < 1.29 is 4.79 Å². The first-order valence-corrected chi connectivity index (χ1v) is 9.49. The van der Waals surface area contributed by atoms with E-state index in [4.69, 9.17) is 0 Å². The van der Waals surface area contributed by atoms with Crippen LogP contribution in [0.1, 0.15) is 31.0 Å². The number of H-pyrrole nitrogens is 1. The Morgan fingerprint density at radius 3 is 2.88 bits per heavy atom. The smallest absolute Gasteiger partial charge is 0.255 e. The number of thiophene rings is 1. The van der Waals surface area contributed by atoms with Crippen LogP contribution < -0.4 is 10.9 Å². The van der Waals surface area contributed by atoms with Gasteiger partial charge in [0.2, 0.25) is 11.9 Å². The van der Waals surface area contributed by atoms with Crippen LogP contribution in [-0.4, -0.2) is 25.7 Å². The highest BCUT2D eigenvalue weighted by Gasteiger charge is 2.30. The number of carbonyl (C=O) groups is 1. The fraction of sp³-hybridized carbons (Fsp3) is 0.333. The first kappa shape index (κ1) is 16.7. The van der Waals surface area contributed by atoms with Crippen LogP contribution in [0, 0.1) is 12.8 Å². The molecule has 0 spiro atoms. The second kappa shape index (κ2) is 6.53. The predicted octanol–water partition coefficient (Wildman–Crippen LogP) is 2.90. The average molecular weight is 369 g/mol. The number of nitrogens with one attached hydrogen (secondary N) is 2. The van der Waals surface area contributed by atoms with Gasteiger partial charge in [-0.05, 0) is 37.6 Å². The van der Waals surface area contributed by atoms with Crippen LogP contribution in [-0.2, 0) is 11.2 Å². The minimum atomic E-state index is -0.178. The third kappa shape index (κ3) is 3.08. The van der Waals surface area contributed by atoms with Gasteiger partial charge in [0, 0.05) is 23.2 Å². The van der Waals surface area contributed by atoms with Crippen LogP contribution in [0.2, 0.25) is 0 Å². The topological polar surface area (TPSA) is 92.7 Å². The van der Waals surface area contributed by atoms with Gasteiger partial charge in [-0.1, -0.05) is 13.0 Å². The van der Waals surface area contributed by atoms with Gasteiger partial charge in [-0.2, -0.15) is 9.78 Å². The molecule has 0 radical (unpaired) electrons. The second-order valence-corrected chi connectivity index (χ2v) is 7.32. The van der Waals surface area contributed by atoms with Gasteiger partial charge in [-0.25, -0.2) is 4.98 Å². The maximum Gasteiger partial charge on any atom is 0.255 e. The van der Waals surface area contributed by atoms with Gasteiger partial charge in [0.15, 0.2) is 0 Å². The number of hydrogen-bond donors (Lipinski definition) is 2. The molecule has 2 N–H and O–H groups in total. The zero-order valence-electron chi connectivity index (χ0n) is 14.6. The van der Waals surface area contributed by atoms with Crippen molar-refractivity contribution in [2.75, 3.05) is 5.32 Å². The van der Waals surface area contributed by atoms with Gasteiger partial charge in [-0.3, -0.25) is 14.6 Å². The van der Waals surface area contributed by atoms with Crippen molar-refractivity contribution >= 4 is 23.1 Å². The minimum Gasteiger partial charge on any atom is -0.310 e. The summed E-state index contributed by atoms with van der Waals surface area (Å²) < 4.78 is 1.50. The summed E-state index contributed by atoms with van der Waals surface area (Å²) in [5.41, 5.74) is 1.87. The van der Waals surface area contributed by atoms with Crippen LogP contribution in [0.4, 0.5) is 5.82 Å². The van der Waals surface area contributed by atoms with Gasteiger partial charge < -0.3 is 5.32 Å². The van der Waals surface area contributed by atoms with Crippen LogP contribution in [0.5, 0.6) is 0 Å². The Morgan fingerprint density at radius 2 is 2.27 bits per heavy atom. The minimum absolute atomic E-state index is 0.0203. The van der Waals surface area contributed by atoms with E-state index in [0.29, 0.717) is 29.4 Å². The molecule has 26 heavy (non-hydrogen) atoms. The van der Waals surface area contributed by atoms with Crippen molar-refractivity contribution in [3.63, 3.8) is 0 Å². The summed E-state index contributed by atoms with van der Waals surface area (Å²) in [6.45, 7) is 3.73. The number of hydrogen-bond acceptors (Lipinski definition) is 5. The number of rotatable bonds is 5. The highest BCUT2D eigenvalue weighted by molar-refractivity contribution is 7.13. The highest BCUT2D eigenvalue weighted by Crippen LogP contribution is 2.32. The Bertz CT molecular complexity index is 1010. The molecule has 0 bridgehead atoms. The average Bonchev–Trinajstić information content (AvgIpc) is 3.15. The summed E-state index contributed by atoms with van der Waals surface area (Å²) in [6, 6.07) is 5.72. The fourth-order valence-corrected chi connectivity index (χ4v) is 3.54. The Hall–Kier alpha value is -2.74. The molecule has 0 aromatic carbocycles. The molecule has 4 rings (SSSR count). The molecule has 3 heterocycles. The van der Waals surface area contributed by atoms with Gasteiger partial charge in [-0.15, -0.1) is 11.3 Å². The molecule has 0 aliphatic heterocycles. The molecule has 0 saturated heterocycles. The SMILES string of the molecule is CCc1c(C)nc(-n2nc(-c3cccs3)cc2NC(=O)C2CC2)[nH]c1=O. The number of aromatic nitrogens is 4. The van der Waals surface area contributed by atoms with Crippen LogP contribution >= 0.6 is 11.3 Å². The second-order valence-electron chi connectivity index (χ2n) is 6.37. The Morgan fingerprint density at radius 1 is 1.46 bits per heavy atom. The molecule has 1 fully saturated rings. The highest BCUT2D eigenvalue weighted by atomic mass is 32.1. The summed E-state index contributed by atoms with van der Waals surface area (Å²) in [5, 5.41) is 9.47. The van der Waals surface area contributed by atoms with Crippen molar-refractivity contribution in [3.05, 3.63) is 45.2 Å². The van der Waals surface area contributed by atoms with E-state index in [-0.39, 0.29) is 17.4 Å². The van der Waals surface area contributed by atoms with Gasteiger partial charge in [0.05, 0.1) is 4.88 Å². The molecular formula is C18H19N5O2S. The summed E-state index contributed by atoms with van der Waals surface area (Å²) in [4.78, 5) is 32.8. The molecule has 1 saturated carbocycles. The van der Waals surface area contributed by atoms with Crippen molar-refractivity contribution in [1.29, 1.82) is 0 Å². The maximum atomic E-state index is 12.3. The molecule has 3 aromatic heterocycles. The standard InChI is InChI=1S/C18H19N5O2S/c1-3-12-10(2)19-18(21-17(12)25)23-15(20-16(24)11-6-7-11)9-13(22-23)14-5-4-8-26-14/h4-5,8-9,11H,3,6-7H2,1-2H3,(H,20,24)(H,19,21,25). The van der Waals surface area contributed by atoms with Crippen LogP contribution in [0.25, 0.3) is 16.5 Å². The lowest BCUT2D eigenvalue weighted by Gasteiger charge is -2.09. The van der Waals surface area contributed by atoms with E-state index in [1.807, 2.05) is 37.4 Å². The third-order valence-corrected chi connectivity index (χ3v) is 5.34. The molecule has 134 valence electrons. The van der Waals surface area contributed by atoms with E-state index in [9.17, 15) is 9.59 Å². The molecule has 0 atom stereocenters. The van der Waals surface area contributed by atoms with Gasteiger partial charge in [0.25, 0.3) is 5.56 Å². The van der Waals surface area contributed by atoms with Gasteiger partial charge in [0.1, 0.15) is 11.5 Å². The zero-order valence-corrected chi connectivity index (χ0v) is 15.4.